The van der Waals surface area contributed by atoms with Gasteiger partial charge in [0, 0.05) is 28.8 Å². The van der Waals surface area contributed by atoms with Crippen LogP contribution in [0.1, 0.15) is 66.7 Å². The summed E-state index contributed by atoms with van der Waals surface area (Å²) in [5.41, 5.74) is 0. The quantitative estimate of drug-likeness (QED) is 0.160. The molecule has 2 aliphatic rings. The van der Waals surface area contributed by atoms with E-state index in [0.717, 1.165) is 90.9 Å². The zero-order chi connectivity index (χ0) is 29.9. The van der Waals surface area contributed by atoms with Gasteiger partial charge < -0.3 is 0 Å². The second-order valence-corrected chi connectivity index (χ2v) is 13.9. The van der Waals surface area contributed by atoms with Gasteiger partial charge in [0.2, 0.25) is 0 Å². The van der Waals surface area contributed by atoms with Crippen molar-refractivity contribution in [3.05, 3.63) is 61.7 Å². The van der Waals surface area contributed by atoms with Crippen molar-refractivity contribution in [3.8, 4) is 0 Å². The Labute approximate surface area is 283 Å². The van der Waals surface area contributed by atoms with Crippen molar-refractivity contribution in [2.75, 3.05) is 28.8 Å². The van der Waals surface area contributed by atoms with Crippen LogP contribution in [-0.4, -0.2) is 54.3 Å². The molecule has 0 aromatic carbocycles. The summed E-state index contributed by atoms with van der Waals surface area (Å²) >= 11 is 5.12. The van der Waals surface area contributed by atoms with Crippen molar-refractivity contribution in [2.45, 2.75) is 66.7 Å². The van der Waals surface area contributed by atoms with E-state index in [0.29, 0.717) is 28.8 Å². The van der Waals surface area contributed by atoms with Gasteiger partial charge in [-0.25, -0.2) is 0 Å². The van der Waals surface area contributed by atoms with Crippen LogP contribution < -0.4 is 0 Å². The van der Waals surface area contributed by atoms with Crippen molar-refractivity contribution in [2.24, 2.45) is 0 Å². The van der Waals surface area contributed by atoms with E-state index in [-0.39, 0.29) is 49.1 Å². The summed E-state index contributed by atoms with van der Waals surface area (Å²) in [6.45, 7) is 9.67. The zero-order valence-corrected chi connectivity index (χ0v) is 30.2. The van der Waals surface area contributed by atoms with Gasteiger partial charge in [-0.2, -0.15) is 0 Å². The summed E-state index contributed by atoms with van der Waals surface area (Å²) in [6.07, 6.45) is 13.7. The van der Waals surface area contributed by atoms with E-state index >= 15 is 0 Å². The molecule has 0 heterocycles. The average molecular weight is 742 g/mol. The summed E-state index contributed by atoms with van der Waals surface area (Å²) in [5, 5.41) is -2.14. The minimum absolute atomic E-state index is 0. The maximum absolute atomic E-state index is 13.4. The van der Waals surface area contributed by atoms with Crippen molar-refractivity contribution >= 4 is 84.4 Å². The summed E-state index contributed by atoms with van der Waals surface area (Å²) in [5.74, 6) is 2.31. The Hall–Kier alpha value is 0.723. The Kier molecular flexibility index (Phi) is 25.4. The van der Waals surface area contributed by atoms with Gasteiger partial charge in [0.15, 0.2) is 25.6 Å². The van der Waals surface area contributed by atoms with Crippen LogP contribution in [-0.2, 0) is 43.5 Å². The monoisotopic (exact) mass is 742 g/mol. The van der Waals surface area contributed by atoms with Crippen LogP contribution in [0.4, 0.5) is 0 Å². The normalized spacial score (nSPS) is 16.7. The van der Waals surface area contributed by atoms with E-state index in [4.69, 9.17) is 0 Å². The van der Waals surface area contributed by atoms with Crippen molar-refractivity contribution in [3.63, 3.8) is 0 Å². The maximum Gasteiger partial charge on any atom is 2.00 e. The van der Waals surface area contributed by atoms with Gasteiger partial charge in [-0.15, -0.1) is 0 Å². The molecule has 10 radical (unpaired) electrons. The first kappa shape index (κ1) is 41.7. The van der Waals surface area contributed by atoms with Crippen LogP contribution in [0.3, 0.4) is 0 Å². The van der Waals surface area contributed by atoms with Gasteiger partial charge in [-0.3, -0.25) is 24.0 Å². The first-order valence-electron chi connectivity index (χ1n) is 13.7. The molecule has 0 aromatic rings. The second kappa shape index (κ2) is 25.0. The fourth-order valence-corrected chi connectivity index (χ4v) is 6.99. The smallest absolute Gasteiger partial charge is 0.286 e. The molecule has 226 valence electrons. The first-order valence-corrected chi connectivity index (χ1v) is 18.6. The Bertz CT molecular complexity index is 651. The van der Waals surface area contributed by atoms with Gasteiger partial charge in [0.25, 0.3) is 0 Å². The zero-order valence-electron chi connectivity index (χ0n) is 24.4. The molecule has 0 unspecified atom stereocenters. The van der Waals surface area contributed by atoms with Crippen LogP contribution in [0.2, 0.25) is 0 Å². The fraction of sp³-hybridized carbons (Fsp3) is 0.500. The molecule has 2 rings (SSSR count). The molecule has 0 amide bonds. The van der Waals surface area contributed by atoms with Gasteiger partial charge in [0.05, 0.1) is 29.6 Å². The number of carbonyl (C=O) groups excluding carboxylic acids is 5. The van der Waals surface area contributed by atoms with E-state index in [1.165, 1.54) is 0 Å². The van der Waals surface area contributed by atoms with Crippen LogP contribution in [0.5, 0.6) is 0 Å². The third kappa shape index (κ3) is 14.1. The van der Waals surface area contributed by atoms with Crippen molar-refractivity contribution < 1.29 is 43.5 Å². The van der Waals surface area contributed by atoms with E-state index in [9.17, 15) is 24.0 Å². The third-order valence-corrected chi connectivity index (χ3v) is 10.4. The van der Waals surface area contributed by atoms with E-state index < -0.39 is 25.6 Å². The van der Waals surface area contributed by atoms with E-state index in [2.05, 4.69) is 0 Å². The summed E-state index contributed by atoms with van der Waals surface area (Å²) in [4.78, 5) is 67.2. The Morgan fingerprint density at radius 1 is 0.390 bits per heavy atom. The van der Waals surface area contributed by atoms with Crippen molar-refractivity contribution in [1.29, 1.82) is 0 Å². The second-order valence-electron chi connectivity index (χ2n) is 8.52. The van der Waals surface area contributed by atoms with E-state index in [1.54, 1.807) is 0 Å². The molecule has 5 nitrogen and oxygen atoms in total. The number of hydrogen-bond donors (Lipinski definition) is 0. The van der Waals surface area contributed by atoms with Crippen LogP contribution in [0.25, 0.3) is 0 Å². The van der Waals surface area contributed by atoms with Crippen LogP contribution in [0.15, 0.2) is 0 Å². The molecule has 41 heavy (non-hydrogen) atoms. The molecular formula is C30H40O5RuS5+2. The molecule has 2 fully saturated rings. The summed E-state index contributed by atoms with van der Waals surface area (Å²) in [6, 6.07) is 0. The predicted molar refractivity (Wildman–Crippen MR) is 176 cm³/mol. The number of hydrogen-bond acceptors (Lipinski definition) is 10. The van der Waals surface area contributed by atoms with Gasteiger partial charge in [-0.05, 0) is 64.2 Å². The third-order valence-electron chi connectivity index (χ3n) is 5.01. The Balaban J connectivity index is 0.00000239. The van der Waals surface area contributed by atoms with Gasteiger partial charge in [-0.1, -0.05) is 93.4 Å². The molecule has 2 saturated carbocycles. The SMILES string of the molecule is CCCSC(=O)[C]1[C](C(=O)SCCC)[C](C(=O)SCCC)[C](C(=O)SCCC)[C]1C(=O)SCCC.[CH]1[CH][CH][CH][CH]1.[Ru+2]. The molecule has 0 aromatic heterocycles. The first-order chi connectivity index (χ1) is 19.3. The summed E-state index contributed by atoms with van der Waals surface area (Å²) in [7, 11) is 0. The number of thioether (sulfide) groups is 5. The average Bonchev–Trinajstić information content (AvgIpc) is 3.65. The predicted octanol–water partition coefficient (Wildman–Crippen LogP) is 7.24. The summed E-state index contributed by atoms with van der Waals surface area (Å²) < 4.78 is 0. The fourth-order valence-electron chi connectivity index (χ4n) is 3.30. The molecule has 0 N–H and O–H groups in total. The molecule has 11 heteroatoms. The van der Waals surface area contributed by atoms with Crippen LogP contribution >= 0.6 is 58.8 Å². The number of carbonyl (C=O) groups is 5. The molecule has 0 aliphatic heterocycles. The molecule has 0 saturated heterocycles. The van der Waals surface area contributed by atoms with Gasteiger partial charge >= 0.3 is 19.5 Å². The van der Waals surface area contributed by atoms with Gasteiger partial charge in [0.1, 0.15) is 0 Å². The van der Waals surface area contributed by atoms with E-state index in [1.807, 2.05) is 66.7 Å². The topological polar surface area (TPSA) is 85.3 Å². The Morgan fingerprint density at radius 2 is 0.537 bits per heavy atom. The molecule has 2 aliphatic carbocycles. The largest absolute Gasteiger partial charge is 2.00 e. The van der Waals surface area contributed by atoms with Crippen LogP contribution in [0, 0.1) is 61.7 Å². The number of rotatable bonds is 15. The minimum atomic E-state index is -0.429. The Morgan fingerprint density at radius 3 is 0.659 bits per heavy atom. The molecule has 0 bridgehead atoms. The maximum atomic E-state index is 13.4. The minimum Gasteiger partial charge on any atom is -0.286 e. The standard InChI is InChI=1S/C25H35O5S5.C5H5.Ru/c1-6-11-31-21(26)16-17(22(27)32-12-7-2)19(24(29)34-14-9-4)20(25(30)35-15-10-5)18(16)23(28)33-13-8-3;1-2-4-5-3-1;/h6-15H2,1-5H3;1-5H;/q;;+2. The van der Waals surface area contributed by atoms with Crippen molar-refractivity contribution in [1.82, 2.24) is 0 Å². The molecule has 0 atom stereocenters. The molecular weight excluding hydrogens is 702 g/mol. The molecule has 0 spiro atoms.